The molecule has 1 aromatic carbocycles. The SMILES string of the molecule is N#Cc1cc([N+](=O)[O-])ccc1N1CC=C(c2cccs2)CC1. The summed E-state index contributed by atoms with van der Waals surface area (Å²) in [5, 5.41) is 22.1. The lowest BCUT2D eigenvalue weighted by molar-refractivity contribution is -0.384. The fourth-order valence-electron chi connectivity index (χ4n) is 2.58. The van der Waals surface area contributed by atoms with E-state index in [4.69, 9.17) is 0 Å². The number of nitro benzene ring substituents is 1. The number of benzene rings is 1. The Bertz CT molecular complexity index is 775. The number of nitrogens with zero attached hydrogens (tertiary/aromatic N) is 3. The summed E-state index contributed by atoms with van der Waals surface area (Å²) in [7, 11) is 0. The fraction of sp³-hybridized carbons (Fsp3) is 0.188. The number of hydrogen-bond donors (Lipinski definition) is 0. The van der Waals surface area contributed by atoms with Crippen LogP contribution in [0.1, 0.15) is 16.9 Å². The van der Waals surface area contributed by atoms with Gasteiger partial charge in [-0.05, 0) is 29.5 Å². The maximum absolute atomic E-state index is 10.8. The van der Waals surface area contributed by atoms with Crippen LogP contribution in [0.5, 0.6) is 0 Å². The number of non-ortho nitro benzene ring substituents is 1. The summed E-state index contributed by atoms with van der Waals surface area (Å²) in [6, 6.07) is 10.7. The van der Waals surface area contributed by atoms with E-state index in [0.29, 0.717) is 12.1 Å². The molecule has 0 amide bonds. The Hall–Kier alpha value is -2.65. The molecule has 2 heterocycles. The largest absolute Gasteiger partial charge is 0.366 e. The molecule has 1 aliphatic rings. The Morgan fingerprint density at radius 3 is 2.82 bits per heavy atom. The molecule has 0 unspecified atom stereocenters. The number of rotatable bonds is 3. The van der Waals surface area contributed by atoms with E-state index in [9.17, 15) is 15.4 Å². The first kappa shape index (κ1) is 14.3. The Morgan fingerprint density at radius 1 is 1.36 bits per heavy atom. The highest BCUT2D eigenvalue weighted by Crippen LogP contribution is 2.31. The molecule has 1 aromatic heterocycles. The van der Waals surface area contributed by atoms with Crippen molar-refractivity contribution in [1.29, 1.82) is 5.26 Å². The van der Waals surface area contributed by atoms with Gasteiger partial charge in [0.25, 0.3) is 5.69 Å². The number of nitro groups is 1. The summed E-state index contributed by atoms with van der Waals surface area (Å²) < 4.78 is 0. The summed E-state index contributed by atoms with van der Waals surface area (Å²) in [6.45, 7) is 1.51. The van der Waals surface area contributed by atoms with Gasteiger partial charge in [-0.2, -0.15) is 5.26 Å². The van der Waals surface area contributed by atoms with Crippen LogP contribution in [-0.2, 0) is 0 Å². The second-order valence-corrected chi connectivity index (χ2v) is 5.92. The monoisotopic (exact) mass is 311 g/mol. The van der Waals surface area contributed by atoms with E-state index in [0.717, 1.165) is 18.7 Å². The number of thiophene rings is 1. The van der Waals surface area contributed by atoms with E-state index in [1.165, 1.54) is 22.6 Å². The van der Waals surface area contributed by atoms with Crippen LogP contribution in [0.4, 0.5) is 11.4 Å². The van der Waals surface area contributed by atoms with Crippen LogP contribution in [0.3, 0.4) is 0 Å². The maximum Gasteiger partial charge on any atom is 0.270 e. The van der Waals surface area contributed by atoms with Crippen molar-refractivity contribution in [3.8, 4) is 6.07 Å². The third-order valence-corrected chi connectivity index (χ3v) is 4.64. The molecule has 0 fully saturated rings. The van der Waals surface area contributed by atoms with E-state index < -0.39 is 4.92 Å². The standard InChI is InChI=1S/C16H13N3O2S/c17-11-13-10-14(19(20)21)3-4-15(13)18-7-5-12(6-8-18)16-2-1-9-22-16/h1-5,9-10H,6-8H2. The number of hydrogen-bond acceptors (Lipinski definition) is 5. The average Bonchev–Trinajstić information content (AvgIpc) is 3.09. The minimum absolute atomic E-state index is 0.0490. The van der Waals surface area contributed by atoms with Crippen molar-refractivity contribution in [2.24, 2.45) is 0 Å². The Kier molecular flexibility index (Phi) is 3.90. The first-order valence-corrected chi connectivity index (χ1v) is 7.73. The number of anilines is 1. The highest BCUT2D eigenvalue weighted by atomic mass is 32.1. The molecule has 22 heavy (non-hydrogen) atoms. The highest BCUT2D eigenvalue weighted by Gasteiger charge is 2.18. The van der Waals surface area contributed by atoms with Gasteiger partial charge in [0.2, 0.25) is 0 Å². The van der Waals surface area contributed by atoms with Crippen LogP contribution in [0.15, 0.2) is 41.8 Å². The maximum atomic E-state index is 10.8. The lowest BCUT2D eigenvalue weighted by Crippen LogP contribution is -2.28. The molecular formula is C16H13N3O2S. The fourth-order valence-corrected chi connectivity index (χ4v) is 3.37. The van der Waals surface area contributed by atoms with Crippen LogP contribution in [0.25, 0.3) is 5.57 Å². The predicted molar refractivity (Wildman–Crippen MR) is 86.9 cm³/mol. The molecular weight excluding hydrogens is 298 g/mol. The summed E-state index contributed by atoms with van der Waals surface area (Å²) in [5.41, 5.74) is 2.38. The lowest BCUT2D eigenvalue weighted by atomic mass is 10.0. The molecule has 3 rings (SSSR count). The van der Waals surface area contributed by atoms with E-state index in [1.54, 1.807) is 17.4 Å². The zero-order valence-corrected chi connectivity index (χ0v) is 12.5. The molecule has 0 aliphatic carbocycles. The molecule has 6 heteroatoms. The molecule has 5 nitrogen and oxygen atoms in total. The molecule has 1 aliphatic heterocycles. The van der Waals surface area contributed by atoms with Gasteiger partial charge in [0, 0.05) is 30.1 Å². The molecule has 0 saturated heterocycles. The smallest absolute Gasteiger partial charge is 0.270 e. The van der Waals surface area contributed by atoms with Gasteiger partial charge >= 0.3 is 0 Å². The Labute approximate surface area is 131 Å². The van der Waals surface area contributed by atoms with Gasteiger partial charge in [-0.25, -0.2) is 0 Å². The van der Waals surface area contributed by atoms with E-state index in [1.807, 2.05) is 6.07 Å². The first-order chi connectivity index (χ1) is 10.7. The van der Waals surface area contributed by atoms with Crippen molar-refractivity contribution in [2.75, 3.05) is 18.0 Å². The normalized spacial score (nSPS) is 14.3. The molecule has 0 N–H and O–H groups in total. The Morgan fingerprint density at radius 2 is 2.23 bits per heavy atom. The van der Waals surface area contributed by atoms with Gasteiger partial charge < -0.3 is 4.90 Å². The van der Waals surface area contributed by atoms with Crippen molar-refractivity contribution in [1.82, 2.24) is 0 Å². The third kappa shape index (κ3) is 2.71. The van der Waals surface area contributed by atoms with Crippen molar-refractivity contribution in [3.63, 3.8) is 0 Å². The van der Waals surface area contributed by atoms with E-state index in [-0.39, 0.29) is 5.69 Å². The minimum Gasteiger partial charge on any atom is -0.366 e. The molecule has 0 atom stereocenters. The van der Waals surface area contributed by atoms with Crippen molar-refractivity contribution < 1.29 is 4.92 Å². The molecule has 0 bridgehead atoms. The second-order valence-electron chi connectivity index (χ2n) is 4.97. The van der Waals surface area contributed by atoms with Gasteiger partial charge in [0.1, 0.15) is 6.07 Å². The first-order valence-electron chi connectivity index (χ1n) is 6.85. The van der Waals surface area contributed by atoms with E-state index >= 15 is 0 Å². The van der Waals surface area contributed by atoms with Gasteiger partial charge in [-0.3, -0.25) is 10.1 Å². The third-order valence-electron chi connectivity index (χ3n) is 3.70. The van der Waals surface area contributed by atoms with Crippen LogP contribution in [0, 0.1) is 21.4 Å². The average molecular weight is 311 g/mol. The molecule has 2 aromatic rings. The minimum atomic E-state index is -0.477. The molecule has 0 radical (unpaired) electrons. The van der Waals surface area contributed by atoms with Crippen LogP contribution in [0.2, 0.25) is 0 Å². The van der Waals surface area contributed by atoms with Gasteiger partial charge in [0.15, 0.2) is 0 Å². The summed E-state index contributed by atoms with van der Waals surface area (Å²) >= 11 is 1.73. The predicted octanol–water partition coefficient (Wildman–Crippen LogP) is 3.82. The van der Waals surface area contributed by atoms with Gasteiger partial charge in [0.05, 0.1) is 16.2 Å². The quantitative estimate of drug-likeness (QED) is 0.638. The van der Waals surface area contributed by atoms with Crippen LogP contribution < -0.4 is 4.90 Å². The zero-order valence-electron chi connectivity index (χ0n) is 11.7. The molecule has 0 spiro atoms. The highest BCUT2D eigenvalue weighted by molar-refractivity contribution is 7.11. The van der Waals surface area contributed by atoms with Crippen molar-refractivity contribution >= 4 is 28.3 Å². The summed E-state index contributed by atoms with van der Waals surface area (Å²) in [4.78, 5) is 13.7. The lowest BCUT2D eigenvalue weighted by Gasteiger charge is -2.28. The number of nitriles is 1. The van der Waals surface area contributed by atoms with E-state index in [2.05, 4.69) is 28.5 Å². The van der Waals surface area contributed by atoms with Crippen LogP contribution in [-0.4, -0.2) is 18.0 Å². The van der Waals surface area contributed by atoms with Crippen molar-refractivity contribution in [3.05, 3.63) is 62.3 Å². The summed E-state index contributed by atoms with van der Waals surface area (Å²) in [6.07, 6.45) is 3.07. The molecule has 0 saturated carbocycles. The topological polar surface area (TPSA) is 70.2 Å². The zero-order chi connectivity index (χ0) is 15.5. The van der Waals surface area contributed by atoms with Gasteiger partial charge in [-0.1, -0.05) is 12.1 Å². The van der Waals surface area contributed by atoms with Gasteiger partial charge in [-0.15, -0.1) is 11.3 Å². The molecule has 110 valence electrons. The van der Waals surface area contributed by atoms with Crippen molar-refractivity contribution in [2.45, 2.75) is 6.42 Å². The Balaban J connectivity index is 1.85. The van der Waals surface area contributed by atoms with Crippen LogP contribution >= 0.6 is 11.3 Å². The summed E-state index contributed by atoms with van der Waals surface area (Å²) in [5.74, 6) is 0. The second kappa shape index (κ2) is 6.00.